The van der Waals surface area contributed by atoms with E-state index < -0.39 is 0 Å². The first-order valence-corrected chi connectivity index (χ1v) is 5.83. The molecule has 3 aliphatic heterocycles. The summed E-state index contributed by atoms with van der Waals surface area (Å²) in [4.78, 5) is 12.6. The lowest BCUT2D eigenvalue weighted by Gasteiger charge is -2.56. The summed E-state index contributed by atoms with van der Waals surface area (Å²) in [5.74, 6) is 1.11. The Hall–Kier alpha value is -0.870. The molecule has 0 spiro atoms. The van der Waals surface area contributed by atoms with Crippen LogP contribution in [0.3, 0.4) is 0 Å². The van der Waals surface area contributed by atoms with Gasteiger partial charge in [0.1, 0.15) is 5.82 Å². The molecule has 3 aliphatic rings. The van der Waals surface area contributed by atoms with E-state index in [4.69, 9.17) is 0 Å². The van der Waals surface area contributed by atoms with Gasteiger partial charge in [-0.15, -0.1) is 0 Å². The number of aromatic nitrogens is 2. The van der Waals surface area contributed by atoms with Crippen molar-refractivity contribution in [2.24, 2.45) is 0 Å². The minimum absolute atomic E-state index is 0.772. The molecule has 1 aromatic rings. The first kappa shape index (κ1) is 9.36. The predicted molar refractivity (Wildman–Crippen MR) is 58.4 cm³/mol. The Morgan fingerprint density at radius 3 is 2.87 bits per heavy atom. The van der Waals surface area contributed by atoms with Crippen molar-refractivity contribution in [3.05, 3.63) is 18.2 Å². The maximum Gasteiger partial charge on any atom is 0.120 e. The molecule has 3 saturated heterocycles. The van der Waals surface area contributed by atoms with E-state index >= 15 is 0 Å². The largest absolute Gasteiger partial charge is 0.348 e. The fourth-order valence-electron chi connectivity index (χ4n) is 2.85. The van der Waals surface area contributed by atoms with Gasteiger partial charge in [0.15, 0.2) is 0 Å². The van der Waals surface area contributed by atoms with Crippen molar-refractivity contribution in [1.82, 2.24) is 19.8 Å². The minimum Gasteiger partial charge on any atom is -0.348 e. The van der Waals surface area contributed by atoms with E-state index in [2.05, 4.69) is 26.7 Å². The fourth-order valence-corrected chi connectivity index (χ4v) is 2.85. The molecule has 0 saturated carbocycles. The lowest BCUT2D eigenvalue weighted by molar-refractivity contribution is -0.0744. The summed E-state index contributed by atoms with van der Waals surface area (Å²) in [6.45, 7) is 6.94. The Morgan fingerprint density at radius 1 is 1.47 bits per heavy atom. The summed E-state index contributed by atoms with van der Waals surface area (Å²) in [5.41, 5.74) is 0. The van der Waals surface area contributed by atoms with Gasteiger partial charge in [-0.25, -0.2) is 4.98 Å². The van der Waals surface area contributed by atoms with E-state index in [1.807, 2.05) is 12.4 Å². The molecule has 4 rings (SSSR count). The number of imidazole rings is 1. The fraction of sp³-hybridized carbons (Fsp3) is 0.727. The second-order valence-corrected chi connectivity index (χ2v) is 4.60. The van der Waals surface area contributed by atoms with Crippen LogP contribution in [0.15, 0.2) is 12.4 Å². The standard InChI is InChI=1S/C11H18N4/c1-2-14-6-9-5-10(7-14)15(9)8-11-12-3-4-13-11/h3-4,9-10H,2,5-8H2,1H3,(H,12,13). The zero-order chi connectivity index (χ0) is 10.3. The molecular formula is C11H18N4. The van der Waals surface area contributed by atoms with Gasteiger partial charge >= 0.3 is 0 Å². The van der Waals surface area contributed by atoms with Crippen molar-refractivity contribution >= 4 is 0 Å². The molecule has 4 heterocycles. The lowest BCUT2D eigenvalue weighted by atomic mass is 9.87. The molecule has 4 heteroatoms. The summed E-state index contributed by atoms with van der Waals surface area (Å²) in [7, 11) is 0. The Bertz CT molecular complexity index is 309. The van der Waals surface area contributed by atoms with Crippen LogP contribution >= 0.6 is 0 Å². The molecule has 4 nitrogen and oxygen atoms in total. The van der Waals surface area contributed by atoms with Gasteiger partial charge in [-0.1, -0.05) is 6.92 Å². The van der Waals surface area contributed by atoms with Gasteiger partial charge in [0.05, 0.1) is 6.54 Å². The van der Waals surface area contributed by atoms with Crippen LogP contribution < -0.4 is 0 Å². The summed E-state index contributed by atoms with van der Waals surface area (Å²) in [6, 6.07) is 1.54. The smallest absolute Gasteiger partial charge is 0.120 e. The van der Waals surface area contributed by atoms with Crippen molar-refractivity contribution < 1.29 is 0 Å². The lowest BCUT2D eigenvalue weighted by Crippen LogP contribution is -2.68. The number of rotatable bonds is 3. The van der Waals surface area contributed by atoms with Crippen LogP contribution in [0.1, 0.15) is 19.2 Å². The van der Waals surface area contributed by atoms with Gasteiger partial charge in [-0.05, 0) is 13.0 Å². The highest BCUT2D eigenvalue weighted by molar-refractivity contribution is 5.02. The van der Waals surface area contributed by atoms with Crippen LogP contribution in [0.25, 0.3) is 0 Å². The predicted octanol–water partition coefficient (Wildman–Crippen LogP) is 0.688. The van der Waals surface area contributed by atoms with E-state index in [0.717, 1.165) is 24.5 Å². The maximum absolute atomic E-state index is 4.29. The number of hydrogen-bond donors (Lipinski definition) is 1. The molecule has 1 N–H and O–H groups in total. The Labute approximate surface area is 90.3 Å². The number of fused-ring (bicyclic) bond motifs is 2. The normalized spacial score (nSPS) is 31.5. The third-order valence-electron chi connectivity index (χ3n) is 3.75. The van der Waals surface area contributed by atoms with Gasteiger partial charge in [0, 0.05) is 37.6 Å². The average Bonchev–Trinajstić information content (AvgIpc) is 2.78. The van der Waals surface area contributed by atoms with Crippen molar-refractivity contribution in [1.29, 1.82) is 0 Å². The van der Waals surface area contributed by atoms with Gasteiger partial charge in [0.25, 0.3) is 0 Å². The van der Waals surface area contributed by atoms with Crippen LogP contribution in [0.4, 0.5) is 0 Å². The van der Waals surface area contributed by atoms with Crippen LogP contribution in [-0.2, 0) is 6.54 Å². The average molecular weight is 206 g/mol. The molecule has 82 valence electrons. The second kappa shape index (κ2) is 3.61. The van der Waals surface area contributed by atoms with Crippen molar-refractivity contribution in [2.75, 3.05) is 19.6 Å². The van der Waals surface area contributed by atoms with Crippen LogP contribution in [0.5, 0.6) is 0 Å². The highest BCUT2D eigenvalue weighted by Gasteiger charge is 2.43. The molecule has 0 aliphatic carbocycles. The highest BCUT2D eigenvalue weighted by atomic mass is 15.4. The van der Waals surface area contributed by atoms with E-state index in [1.165, 1.54) is 26.1 Å². The zero-order valence-electron chi connectivity index (χ0n) is 9.19. The number of H-pyrrole nitrogens is 1. The third-order valence-corrected chi connectivity index (χ3v) is 3.75. The molecule has 3 fully saturated rings. The van der Waals surface area contributed by atoms with E-state index in [9.17, 15) is 0 Å². The molecular weight excluding hydrogens is 188 g/mol. The van der Waals surface area contributed by atoms with E-state index in [1.54, 1.807) is 0 Å². The van der Waals surface area contributed by atoms with Crippen molar-refractivity contribution in [3.63, 3.8) is 0 Å². The monoisotopic (exact) mass is 206 g/mol. The SMILES string of the molecule is CCN1CC2CC(C1)N2Cc1ncc[nH]1. The topological polar surface area (TPSA) is 35.2 Å². The number of piperidine rings is 1. The van der Waals surface area contributed by atoms with Crippen LogP contribution in [-0.4, -0.2) is 51.5 Å². The first-order chi connectivity index (χ1) is 7.36. The number of likely N-dealkylation sites (N-methyl/N-ethyl adjacent to an activating group) is 1. The molecule has 15 heavy (non-hydrogen) atoms. The number of piperazine rings is 1. The quantitative estimate of drug-likeness (QED) is 0.790. The molecule has 2 bridgehead atoms. The van der Waals surface area contributed by atoms with Gasteiger partial charge in [0.2, 0.25) is 0 Å². The summed E-state index contributed by atoms with van der Waals surface area (Å²) < 4.78 is 0. The zero-order valence-corrected chi connectivity index (χ0v) is 9.19. The first-order valence-electron chi connectivity index (χ1n) is 5.83. The molecule has 0 radical (unpaired) electrons. The molecule has 2 unspecified atom stereocenters. The number of hydrogen-bond acceptors (Lipinski definition) is 3. The van der Waals surface area contributed by atoms with Gasteiger partial charge in [-0.2, -0.15) is 0 Å². The molecule has 0 amide bonds. The van der Waals surface area contributed by atoms with E-state index in [-0.39, 0.29) is 0 Å². The maximum atomic E-state index is 4.29. The molecule has 2 atom stereocenters. The van der Waals surface area contributed by atoms with Gasteiger partial charge in [-0.3, -0.25) is 4.90 Å². The number of aromatic amines is 1. The summed E-state index contributed by atoms with van der Waals surface area (Å²) in [5, 5.41) is 0. The van der Waals surface area contributed by atoms with Gasteiger partial charge < -0.3 is 9.88 Å². The van der Waals surface area contributed by atoms with Crippen LogP contribution in [0.2, 0.25) is 0 Å². The van der Waals surface area contributed by atoms with Crippen molar-refractivity contribution in [2.45, 2.75) is 32.0 Å². The number of nitrogens with one attached hydrogen (secondary N) is 1. The number of nitrogens with zero attached hydrogens (tertiary/aromatic N) is 3. The highest BCUT2D eigenvalue weighted by Crippen LogP contribution is 2.32. The Kier molecular flexibility index (Phi) is 2.25. The third kappa shape index (κ3) is 1.58. The molecule has 1 aromatic heterocycles. The Morgan fingerprint density at radius 2 is 2.27 bits per heavy atom. The van der Waals surface area contributed by atoms with Crippen LogP contribution in [0, 0.1) is 0 Å². The Balaban J connectivity index is 1.62. The second-order valence-electron chi connectivity index (χ2n) is 4.60. The summed E-state index contributed by atoms with van der Waals surface area (Å²) in [6.07, 6.45) is 5.13. The van der Waals surface area contributed by atoms with Crippen molar-refractivity contribution in [3.8, 4) is 0 Å². The summed E-state index contributed by atoms with van der Waals surface area (Å²) >= 11 is 0. The minimum atomic E-state index is 0.772. The van der Waals surface area contributed by atoms with E-state index in [0.29, 0.717) is 0 Å². The molecule has 0 aromatic carbocycles.